The second kappa shape index (κ2) is 7.05. The third kappa shape index (κ3) is 2.90. The molecule has 2 saturated carbocycles. The summed E-state index contributed by atoms with van der Waals surface area (Å²) in [5.74, 6) is 1.16. The van der Waals surface area contributed by atoms with Crippen LogP contribution in [0, 0.1) is 28.6 Å². The molecule has 0 aromatic carbocycles. The van der Waals surface area contributed by atoms with Gasteiger partial charge in [0, 0.05) is 25.2 Å². The van der Waals surface area contributed by atoms with E-state index in [0.717, 1.165) is 37.7 Å². The highest BCUT2D eigenvalue weighted by molar-refractivity contribution is 5.75. The summed E-state index contributed by atoms with van der Waals surface area (Å²) in [5, 5.41) is 10.2. The summed E-state index contributed by atoms with van der Waals surface area (Å²) in [6, 6.07) is 4.12. The molecule has 4 aliphatic carbocycles. The number of hydrogen-bond donors (Lipinski definition) is 1. The fraction of sp³-hybridized carbons (Fsp3) is 0.615. The molecule has 1 N–H and O–H groups in total. The lowest BCUT2D eigenvalue weighted by Crippen LogP contribution is -2.52. The lowest BCUT2D eigenvalue weighted by Gasteiger charge is -2.58. The van der Waals surface area contributed by atoms with E-state index in [1.54, 1.807) is 0 Å². The fourth-order valence-electron chi connectivity index (χ4n) is 7.52. The molecular formula is C26H33NO3. The van der Waals surface area contributed by atoms with Crippen LogP contribution in [-0.4, -0.2) is 28.3 Å². The molecule has 2 fully saturated rings. The molecule has 30 heavy (non-hydrogen) atoms. The summed E-state index contributed by atoms with van der Waals surface area (Å²) in [4.78, 5) is 16.4. The topological polar surface area (TPSA) is 59.4 Å². The lowest BCUT2D eigenvalue weighted by molar-refractivity contribution is -0.152. The summed E-state index contributed by atoms with van der Waals surface area (Å²) in [6.45, 7) is 6.33. The van der Waals surface area contributed by atoms with Gasteiger partial charge in [0.2, 0.25) is 0 Å². The Morgan fingerprint density at radius 1 is 1.23 bits per heavy atom. The third-order valence-electron chi connectivity index (χ3n) is 8.90. The predicted molar refractivity (Wildman–Crippen MR) is 116 cm³/mol. The molecule has 5 rings (SSSR count). The zero-order valence-corrected chi connectivity index (χ0v) is 18.3. The van der Waals surface area contributed by atoms with Crippen LogP contribution in [0.5, 0.6) is 0 Å². The smallest absolute Gasteiger partial charge is 0.303 e. The van der Waals surface area contributed by atoms with E-state index >= 15 is 0 Å². The summed E-state index contributed by atoms with van der Waals surface area (Å²) in [7, 11) is 0. The predicted octanol–water partition coefficient (Wildman–Crippen LogP) is 4.94. The summed E-state index contributed by atoms with van der Waals surface area (Å²) in [5.41, 5.74) is 4.07. The number of esters is 1. The van der Waals surface area contributed by atoms with E-state index in [1.807, 2.05) is 18.5 Å². The van der Waals surface area contributed by atoms with Gasteiger partial charge in [-0.3, -0.25) is 9.78 Å². The third-order valence-corrected chi connectivity index (χ3v) is 8.90. The maximum absolute atomic E-state index is 12.0. The fourth-order valence-corrected chi connectivity index (χ4v) is 7.52. The number of aliphatic hydroxyl groups excluding tert-OH is 1. The molecule has 4 nitrogen and oxygen atoms in total. The Morgan fingerprint density at radius 2 is 2.03 bits per heavy atom. The highest BCUT2D eigenvalue weighted by Crippen LogP contribution is 2.66. The molecule has 160 valence electrons. The summed E-state index contributed by atoms with van der Waals surface area (Å²) in [6.07, 6.45) is 14.1. The standard InChI is InChI=1S/C26H33NO3/c1-16(28)30-23-14-22(17-5-4-12-27-15-17)26(3)11-9-21-20(24(23)26)7-6-18-13-19(29)8-10-25(18,21)2/h4-6,12,14-15,19-21,23-24,29H,7-11,13H2,1-3H3/t19-,20+,21-,23+,24+,25-,26+/m0/s1. The number of carbonyl (C=O) groups excluding carboxylic acids is 1. The number of carbonyl (C=O) groups is 1. The van der Waals surface area contributed by atoms with Crippen LogP contribution in [0.15, 0.2) is 42.3 Å². The van der Waals surface area contributed by atoms with Crippen molar-refractivity contribution in [3.63, 3.8) is 0 Å². The lowest BCUT2D eigenvalue weighted by atomic mass is 9.47. The number of aromatic nitrogens is 1. The second-order valence-electron chi connectivity index (χ2n) is 10.4. The molecule has 1 aromatic rings. The van der Waals surface area contributed by atoms with Gasteiger partial charge in [-0.15, -0.1) is 0 Å². The van der Waals surface area contributed by atoms with Crippen molar-refractivity contribution in [2.45, 2.75) is 71.5 Å². The number of fused-ring (bicyclic) bond motifs is 5. The molecule has 1 heterocycles. The van der Waals surface area contributed by atoms with Crippen molar-refractivity contribution in [3.05, 3.63) is 47.8 Å². The van der Waals surface area contributed by atoms with Crippen LogP contribution in [0.3, 0.4) is 0 Å². The first kappa shape index (κ1) is 20.0. The van der Waals surface area contributed by atoms with E-state index in [9.17, 15) is 9.90 Å². The van der Waals surface area contributed by atoms with Gasteiger partial charge in [0.1, 0.15) is 6.10 Å². The van der Waals surface area contributed by atoms with Crippen molar-refractivity contribution < 1.29 is 14.6 Å². The zero-order valence-electron chi connectivity index (χ0n) is 18.3. The van der Waals surface area contributed by atoms with E-state index in [1.165, 1.54) is 24.5 Å². The first-order valence-electron chi connectivity index (χ1n) is 11.5. The van der Waals surface area contributed by atoms with Crippen molar-refractivity contribution in [1.29, 1.82) is 0 Å². The van der Waals surface area contributed by atoms with Gasteiger partial charge in [-0.05, 0) is 84.5 Å². The van der Waals surface area contributed by atoms with Gasteiger partial charge in [0.05, 0.1) is 6.10 Å². The molecule has 0 unspecified atom stereocenters. The Hall–Kier alpha value is -1.94. The van der Waals surface area contributed by atoms with E-state index in [-0.39, 0.29) is 34.9 Å². The van der Waals surface area contributed by atoms with Crippen molar-refractivity contribution in [3.8, 4) is 0 Å². The number of aliphatic hydroxyl groups is 1. The second-order valence-corrected chi connectivity index (χ2v) is 10.4. The maximum Gasteiger partial charge on any atom is 0.303 e. The van der Waals surface area contributed by atoms with Crippen LogP contribution in [0.25, 0.3) is 5.57 Å². The molecule has 4 heteroatoms. The Bertz CT molecular complexity index is 906. The Kier molecular flexibility index (Phi) is 4.70. The number of hydrogen-bond acceptors (Lipinski definition) is 4. The monoisotopic (exact) mass is 407 g/mol. The maximum atomic E-state index is 12.0. The molecule has 0 spiro atoms. The van der Waals surface area contributed by atoms with Crippen LogP contribution >= 0.6 is 0 Å². The molecule has 1 aromatic heterocycles. The Labute approximate surface area is 179 Å². The molecule has 7 atom stereocenters. The van der Waals surface area contributed by atoms with Crippen molar-refractivity contribution >= 4 is 11.5 Å². The van der Waals surface area contributed by atoms with E-state index in [2.05, 4.69) is 37.0 Å². The zero-order chi connectivity index (χ0) is 21.1. The molecule has 0 bridgehead atoms. The quantitative estimate of drug-likeness (QED) is 0.557. The van der Waals surface area contributed by atoms with Crippen LogP contribution in [0.4, 0.5) is 0 Å². The minimum absolute atomic E-state index is 0.0137. The van der Waals surface area contributed by atoms with Crippen LogP contribution in [0.2, 0.25) is 0 Å². The first-order valence-corrected chi connectivity index (χ1v) is 11.5. The van der Waals surface area contributed by atoms with Crippen molar-refractivity contribution in [1.82, 2.24) is 4.98 Å². The molecule has 0 saturated heterocycles. The van der Waals surface area contributed by atoms with E-state index in [4.69, 9.17) is 4.74 Å². The average molecular weight is 408 g/mol. The Morgan fingerprint density at radius 3 is 2.77 bits per heavy atom. The van der Waals surface area contributed by atoms with Gasteiger partial charge in [-0.25, -0.2) is 0 Å². The average Bonchev–Trinajstić information content (AvgIpc) is 3.01. The van der Waals surface area contributed by atoms with Gasteiger partial charge in [0.15, 0.2) is 0 Å². The number of ether oxygens (including phenoxy) is 1. The van der Waals surface area contributed by atoms with Gasteiger partial charge < -0.3 is 9.84 Å². The number of nitrogens with zero attached hydrogens (tertiary/aromatic N) is 1. The molecule has 0 amide bonds. The molecule has 0 radical (unpaired) electrons. The highest BCUT2D eigenvalue weighted by Gasteiger charge is 2.60. The SMILES string of the molecule is CC(=O)O[C@@H]1C=C(c2cccnc2)[C@@]2(C)CC[C@H]3[C@@H](CC=C4C[C@@H](O)CC[C@@]43C)[C@H]12. The molecular weight excluding hydrogens is 374 g/mol. The Balaban J connectivity index is 1.55. The molecule has 4 aliphatic rings. The highest BCUT2D eigenvalue weighted by atomic mass is 16.5. The number of allylic oxidation sites excluding steroid dienone is 2. The van der Waals surface area contributed by atoms with Crippen LogP contribution in [-0.2, 0) is 9.53 Å². The normalized spacial score (nSPS) is 42.3. The van der Waals surface area contributed by atoms with Crippen molar-refractivity contribution in [2.75, 3.05) is 0 Å². The summed E-state index contributed by atoms with van der Waals surface area (Å²) < 4.78 is 5.94. The van der Waals surface area contributed by atoms with Gasteiger partial charge in [-0.1, -0.05) is 31.6 Å². The largest absolute Gasteiger partial charge is 0.458 e. The number of pyridine rings is 1. The first-order chi connectivity index (χ1) is 14.3. The van der Waals surface area contributed by atoms with E-state index < -0.39 is 0 Å². The van der Waals surface area contributed by atoms with E-state index in [0.29, 0.717) is 11.8 Å². The van der Waals surface area contributed by atoms with Gasteiger partial charge >= 0.3 is 5.97 Å². The van der Waals surface area contributed by atoms with Crippen LogP contribution < -0.4 is 0 Å². The summed E-state index contributed by atoms with van der Waals surface area (Å²) >= 11 is 0. The minimum Gasteiger partial charge on any atom is -0.458 e. The van der Waals surface area contributed by atoms with Gasteiger partial charge in [-0.2, -0.15) is 0 Å². The van der Waals surface area contributed by atoms with Crippen molar-refractivity contribution in [2.24, 2.45) is 28.6 Å². The minimum atomic E-state index is -0.202. The van der Waals surface area contributed by atoms with Crippen LogP contribution in [0.1, 0.15) is 64.9 Å². The van der Waals surface area contributed by atoms with Gasteiger partial charge in [0.25, 0.3) is 0 Å². The number of rotatable bonds is 2. The molecule has 0 aliphatic heterocycles.